The number of furan rings is 1. The number of ether oxygens (including phenoxy) is 1. The number of benzene rings is 1. The highest BCUT2D eigenvalue weighted by Crippen LogP contribution is 2.29. The summed E-state index contributed by atoms with van der Waals surface area (Å²) in [5.74, 6) is 1.37. The molecule has 168 valence electrons. The summed E-state index contributed by atoms with van der Waals surface area (Å²) in [5, 5.41) is 11.9. The number of aromatic nitrogens is 3. The van der Waals surface area contributed by atoms with Gasteiger partial charge in [-0.25, -0.2) is 0 Å². The maximum atomic E-state index is 12.8. The summed E-state index contributed by atoms with van der Waals surface area (Å²) < 4.78 is 12.8. The second kappa shape index (κ2) is 10.1. The Labute approximate surface area is 191 Å². The summed E-state index contributed by atoms with van der Waals surface area (Å²) in [7, 11) is 0. The zero-order valence-electron chi connectivity index (χ0n) is 18.3. The van der Waals surface area contributed by atoms with Crippen molar-refractivity contribution in [3.8, 4) is 11.4 Å². The summed E-state index contributed by atoms with van der Waals surface area (Å²) >= 11 is 1.36. The lowest BCUT2D eigenvalue weighted by Gasteiger charge is -2.28. The molecule has 1 aliphatic heterocycles. The van der Waals surface area contributed by atoms with Gasteiger partial charge in [0.05, 0.1) is 30.3 Å². The van der Waals surface area contributed by atoms with Gasteiger partial charge < -0.3 is 19.4 Å². The fourth-order valence-corrected chi connectivity index (χ4v) is 4.38. The number of nitrogens with one attached hydrogen (secondary N) is 1. The average molecular weight is 454 g/mol. The van der Waals surface area contributed by atoms with E-state index in [0.29, 0.717) is 17.5 Å². The third-order valence-corrected chi connectivity index (χ3v) is 6.37. The molecule has 0 bridgehead atoms. The standard InChI is InChI=1S/C23H27N5O3S/c1-4-10-28-21(20-9-13-31-16(20)2)25-26-23(28)32-17(3)22(29)24-18-5-7-19(8-6-18)27-11-14-30-15-12-27/h4-9,13,17H,1,10-12,14-15H2,2-3H3,(H,24,29). The Balaban J connectivity index is 1.42. The van der Waals surface area contributed by atoms with Gasteiger partial charge in [0, 0.05) is 31.0 Å². The van der Waals surface area contributed by atoms with E-state index >= 15 is 0 Å². The van der Waals surface area contributed by atoms with Crippen LogP contribution in [0.2, 0.25) is 0 Å². The average Bonchev–Trinajstić information content (AvgIpc) is 3.40. The Morgan fingerprint density at radius 3 is 2.66 bits per heavy atom. The molecule has 1 N–H and O–H groups in total. The van der Waals surface area contributed by atoms with Crippen LogP contribution in [0.3, 0.4) is 0 Å². The van der Waals surface area contributed by atoms with Gasteiger partial charge in [0.15, 0.2) is 11.0 Å². The zero-order valence-corrected chi connectivity index (χ0v) is 19.1. The fraction of sp³-hybridized carbons (Fsp3) is 0.348. The maximum Gasteiger partial charge on any atom is 0.237 e. The topological polar surface area (TPSA) is 85.4 Å². The second-order valence-corrected chi connectivity index (χ2v) is 8.80. The van der Waals surface area contributed by atoms with Crippen LogP contribution in [0.5, 0.6) is 0 Å². The van der Waals surface area contributed by atoms with Crippen LogP contribution in [0.25, 0.3) is 11.4 Å². The number of thioether (sulfide) groups is 1. The third-order valence-electron chi connectivity index (χ3n) is 5.29. The molecule has 4 rings (SSSR count). The Kier molecular flexibility index (Phi) is 6.96. The van der Waals surface area contributed by atoms with E-state index in [1.165, 1.54) is 11.8 Å². The smallest absolute Gasteiger partial charge is 0.237 e. The van der Waals surface area contributed by atoms with E-state index < -0.39 is 0 Å². The molecule has 32 heavy (non-hydrogen) atoms. The van der Waals surface area contributed by atoms with Crippen molar-refractivity contribution < 1.29 is 13.9 Å². The number of amides is 1. The third kappa shape index (κ3) is 4.89. The van der Waals surface area contributed by atoms with Crippen LogP contribution < -0.4 is 10.2 Å². The molecule has 1 unspecified atom stereocenters. The molecular weight excluding hydrogens is 426 g/mol. The minimum absolute atomic E-state index is 0.0942. The molecule has 0 saturated carbocycles. The van der Waals surface area contributed by atoms with Gasteiger partial charge in [-0.05, 0) is 44.2 Å². The van der Waals surface area contributed by atoms with Crippen molar-refractivity contribution >= 4 is 29.0 Å². The highest BCUT2D eigenvalue weighted by molar-refractivity contribution is 8.00. The lowest BCUT2D eigenvalue weighted by molar-refractivity contribution is -0.115. The van der Waals surface area contributed by atoms with Gasteiger partial charge >= 0.3 is 0 Å². The van der Waals surface area contributed by atoms with Gasteiger partial charge in [0.1, 0.15) is 5.76 Å². The van der Waals surface area contributed by atoms with Crippen LogP contribution in [0, 0.1) is 6.92 Å². The minimum atomic E-state index is -0.361. The number of aryl methyl sites for hydroxylation is 1. The number of morpholine rings is 1. The van der Waals surface area contributed by atoms with E-state index in [9.17, 15) is 4.79 Å². The van der Waals surface area contributed by atoms with E-state index in [-0.39, 0.29) is 11.2 Å². The van der Waals surface area contributed by atoms with Crippen molar-refractivity contribution in [2.45, 2.75) is 30.8 Å². The number of nitrogens with zero attached hydrogens (tertiary/aromatic N) is 4. The van der Waals surface area contributed by atoms with Crippen molar-refractivity contribution in [1.29, 1.82) is 0 Å². The summed E-state index contributed by atoms with van der Waals surface area (Å²) in [4.78, 5) is 15.1. The first kappa shape index (κ1) is 22.2. The molecule has 1 atom stereocenters. The summed E-state index contributed by atoms with van der Waals surface area (Å²) in [6.07, 6.45) is 3.41. The molecule has 1 aliphatic rings. The number of rotatable bonds is 8. The molecule has 0 spiro atoms. The van der Waals surface area contributed by atoms with Crippen molar-refractivity contribution in [3.05, 3.63) is 55.0 Å². The molecule has 2 aromatic heterocycles. The Bertz CT molecular complexity index is 1070. The molecule has 1 amide bonds. The predicted octanol–water partition coefficient (Wildman–Crippen LogP) is 3.99. The van der Waals surface area contributed by atoms with Crippen molar-refractivity contribution in [1.82, 2.24) is 14.8 Å². The van der Waals surface area contributed by atoms with Gasteiger partial charge in [0.25, 0.3) is 0 Å². The minimum Gasteiger partial charge on any atom is -0.469 e. The number of allylic oxidation sites excluding steroid dienone is 1. The van der Waals surface area contributed by atoms with Gasteiger partial charge in [-0.1, -0.05) is 17.8 Å². The van der Waals surface area contributed by atoms with Gasteiger partial charge in [0.2, 0.25) is 5.91 Å². The van der Waals surface area contributed by atoms with Crippen LogP contribution in [0.4, 0.5) is 11.4 Å². The number of carbonyl (C=O) groups is 1. The molecular formula is C23H27N5O3S. The van der Waals surface area contributed by atoms with Gasteiger partial charge in [-0.15, -0.1) is 16.8 Å². The van der Waals surface area contributed by atoms with Crippen molar-refractivity contribution in [2.24, 2.45) is 0 Å². The monoisotopic (exact) mass is 453 g/mol. The quantitative estimate of drug-likeness (QED) is 0.408. The van der Waals surface area contributed by atoms with Crippen molar-refractivity contribution in [2.75, 3.05) is 36.5 Å². The number of hydrogen-bond donors (Lipinski definition) is 1. The van der Waals surface area contributed by atoms with Gasteiger partial charge in [-0.2, -0.15) is 0 Å². The molecule has 3 heterocycles. The van der Waals surface area contributed by atoms with Crippen LogP contribution in [-0.2, 0) is 16.1 Å². The van der Waals surface area contributed by atoms with E-state index in [4.69, 9.17) is 9.15 Å². The number of carbonyl (C=O) groups excluding carboxylic acids is 1. The normalized spacial score (nSPS) is 14.9. The van der Waals surface area contributed by atoms with E-state index in [1.54, 1.807) is 12.3 Å². The Hall–Kier alpha value is -3.04. The second-order valence-electron chi connectivity index (χ2n) is 7.49. The first-order valence-corrected chi connectivity index (χ1v) is 11.4. The lowest BCUT2D eigenvalue weighted by Crippen LogP contribution is -2.36. The highest BCUT2D eigenvalue weighted by atomic mass is 32.2. The molecule has 1 saturated heterocycles. The zero-order chi connectivity index (χ0) is 22.5. The van der Waals surface area contributed by atoms with Crippen LogP contribution in [-0.4, -0.2) is 52.2 Å². The molecule has 3 aromatic rings. The van der Waals surface area contributed by atoms with Gasteiger partial charge in [-0.3, -0.25) is 9.36 Å². The Morgan fingerprint density at radius 2 is 2.00 bits per heavy atom. The fourth-order valence-electron chi connectivity index (χ4n) is 3.52. The van der Waals surface area contributed by atoms with E-state index in [2.05, 4.69) is 27.0 Å². The first-order valence-electron chi connectivity index (χ1n) is 10.6. The lowest BCUT2D eigenvalue weighted by atomic mass is 10.2. The molecule has 9 heteroatoms. The summed E-state index contributed by atoms with van der Waals surface area (Å²) in [6.45, 7) is 11.4. The first-order chi connectivity index (χ1) is 15.6. The van der Waals surface area contributed by atoms with Crippen molar-refractivity contribution in [3.63, 3.8) is 0 Å². The Morgan fingerprint density at radius 1 is 1.25 bits per heavy atom. The van der Waals surface area contributed by atoms with Crippen LogP contribution in [0.15, 0.2) is 58.8 Å². The number of anilines is 2. The molecule has 0 radical (unpaired) electrons. The largest absolute Gasteiger partial charge is 0.469 e. The highest BCUT2D eigenvalue weighted by Gasteiger charge is 2.22. The van der Waals surface area contributed by atoms with Crippen LogP contribution in [0.1, 0.15) is 12.7 Å². The molecule has 1 fully saturated rings. The summed E-state index contributed by atoms with van der Waals surface area (Å²) in [5.41, 5.74) is 2.78. The SMILES string of the molecule is C=CCn1c(SC(C)C(=O)Nc2ccc(N3CCOCC3)cc2)nnc1-c1ccoc1C. The predicted molar refractivity (Wildman–Crippen MR) is 126 cm³/mol. The molecule has 1 aromatic carbocycles. The molecule has 0 aliphatic carbocycles. The molecule has 8 nitrogen and oxygen atoms in total. The van der Waals surface area contributed by atoms with E-state index in [1.807, 2.05) is 48.7 Å². The maximum absolute atomic E-state index is 12.8. The van der Waals surface area contributed by atoms with Crippen LogP contribution >= 0.6 is 11.8 Å². The number of hydrogen-bond acceptors (Lipinski definition) is 7. The summed E-state index contributed by atoms with van der Waals surface area (Å²) in [6, 6.07) is 9.78. The van der Waals surface area contributed by atoms with E-state index in [0.717, 1.165) is 49.0 Å².